The Kier molecular flexibility index (Phi) is 8.06. The van der Waals surface area contributed by atoms with Gasteiger partial charge in [-0.05, 0) is 18.8 Å². The molecule has 4 aliphatic carbocycles. The molecule has 4 aliphatic rings. The van der Waals surface area contributed by atoms with E-state index in [1.807, 2.05) is 25.1 Å². The molecule has 1 amide bonds. The number of primary amides is 1. The van der Waals surface area contributed by atoms with Gasteiger partial charge in [0.15, 0.2) is 0 Å². The fourth-order valence-electron chi connectivity index (χ4n) is 8.00. The number of hydrogen-bond acceptors (Lipinski definition) is 9. The van der Waals surface area contributed by atoms with Crippen molar-refractivity contribution in [1.82, 2.24) is 10.2 Å². The number of ether oxygens (including phenoxy) is 1. The van der Waals surface area contributed by atoms with E-state index in [0.717, 1.165) is 23.4 Å². The number of ketones is 1. The average Bonchev–Trinajstić information content (AvgIpc) is 3.43. The summed E-state index contributed by atoms with van der Waals surface area (Å²) in [6, 6.07) is 1.05. The molecule has 0 aliphatic heterocycles. The van der Waals surface area contributed by atoms with Crippen molar-refractivity contribution in [3.8, 4) is 5.75 Å². The van der Waals surface area contributed by atoms with Crippen LogP contribution in [0.2, 0.25) is 0 Å². The number of allylic oxidation sites excluding steroid dienone is 1. The van der Waals surface area contributed by atoms with Gasteiger partial charge >= 0.3 is 217 Å². The van der Waals surface area contributed by atoms with Gasteiger partial charge in [0.1, 0.15) is 0 Å². The van der Waals surface area contributed by atoms with Crippen LogP contribution in [-0.4, -0.2) is 98.3 Å². The third kappa shape index (κ3) is 4.57. The summed E-state index contributed by atoms with van der Waals surface area (Å²) < 4.78 is 5.76. The summed E-state index contributed by atoms with van der Waals surface area (Å²) >= 11 is 0. The van der Waals surface area contributed by atoms with Crippen molar-refractivity contribution in [3.63, 3.8) is 0 Å². The number of hydrogen-bond donors (Lipinski definition) is 5. The van der Waals surface area contributed by atoms with Crippen LogP contribution in [0.3, 0.4) is 0 Å². The predicted octanol–water partition coefficient (Wildman–Crippen LogP) is 1.27. The molecule has 42 heavy (non-hydrogen) atoms. The molecule has 1 fully saturated rings. The van der Waals surface area contributed by atoms with Crippen LogP contribution in [0, 0.1) is 17.8 Å². The number of aliphatic hydroxyl groups is 3. The molecule has 0 aromatic heterocycles. The molecule has 1 saturated carbocycles. The Morgan fingerprint density at radius 1 is 1.21 bits per heavy atom. The first-order valence-corrected chi connectivity index (χ1v) is 14.7. The number of nitrogens with one attached hydrogen (secondary N) is 1. The van der Waals surface area contributed by atoms with Crippen LogP contribution < -0.4 is 20.7 Å². The van der Waals surface area contributed by atoms with E-state index in [1.54, 1.807) is 19.0 Å². The van der Waals surface area contributed by atoms with E-state index in [1.165, 1.54) is 32.8 Å². The fraction of sp³-hybridized carbons (Fsp3) is 0.581. The number of aliphatic hydroxyl groups excluding tert-OH is 2. The Labute approximate surface area is 248 Å². The van der Waals surface area contributed by atoms with Crippen LogP contribution in [0.5, 0.6) is 5.75 Å². The maximum atomic E-state index is 14.3. The normalized spacial score (nSPS) is 27.7. The fourth-order valence-corrected chi connectivity index (χ4v) is 8.00. The SMILES string of the molecule is B=C1C(C(N)=O)=C(O)[C@@H](N(C)C)[C@@H]2C[C@@H]3Cc4c(c(OC)cc(CNCC5CCCC5)c4N(C)C)C(=O)C3=C(O)[C@]12O. The van der Waals surface area contributed by atoms with Crippen LogP contribution in [0.4, 0.5) is 5.69 Å². The van der Waals surface area contributed by atoms with E-state index in [2.05, 4.69) is 12.8 Å². The number of fused-ring (bicyclic) bond motifs is 3. The number of nitrogens with zero attached hydrogens (tertiary/aromatic N) is 2. The topological polar surface area (TPSA) is 149 Å². The zero-order valence-electron chi connectivity index (χ0n) is 25.3. The summed E-state index contributed by atoms with van der Waals surface area (Å²) in [5.41, 5.74) is 6.13. The molecule has 11 heteroatoms. The molecule has 0 spiro atoms. The van der Waals surface area contributed by atoms with Crippen molar-refractivity contribution in [2.75, 3.05) is 46.7 Å². The number of Topliss-reactive ketones (excluding diaryl/α,β-unsaturated/α-hetero) is 1. The van der Waals surface area contributed by atoms with Crippen LogP contribution in [0.1, 0.15) is 53.6 Å². The van der Waals surface area contributed by atoms with Gasteiger partial charge < -0.3 is 0 Å². The number of carbonyl (C=O) groups is 2. The van der Waals surface area contributed by atoms with Crippen molar-refractivity contribution in [3.05, 3.63) is 45.4 Å². The van der Waals surface area contributed by atoms with Crippen LogP contribution in [0.15, 0.2) is 28.7 Å². The van der Waals surface area contributed by atoms with Gasteiger partial charge in [0.2, 0.25) is 0 Å². The molecule has 1 aromatic rings. The van der Waals surface area contributed by atoms with E-state index < -0.39 is 40.9 Å². The van der Waals surface area contributed by atoms with Crippen molar-refractivity contribution >= 4 is 30.3 Å². The minimum atomic E-state index is -2.16. The molecule has 1 aromatic carbocycles. The standard InChI is InChI=1S/C31H43BN4O6/c1-35(2)24-17(14-34-13-15-8-6-7-9-15)12-20(42-5)22-18(24)10-16-11-19-25(36(3)4)27(38)23(30(33)40)28(32)31(19,41)29(39)21(16)26(22)37/h12,15-16,19,25,32,34,38-39,41H,6-11,13-14H2,1-5H3,(H2,33,40)/t16-,19-,25-,31+/m0/s1. The van der Waals surface area contributed by atoms with Gasteiger partial charge in [-0.2, -0.15) is 0 Å². The van der Waals surface area contributed by atoms with Gasteiger partial charge in [0, 0.05) is 0 Å². The summed E-state index contributed by atoms with van der Waals surface area (Å²) in [4.78, 5) is 30.4. The second-order valence-electron chi connectivity index (χ2n) is 12.7. The number of methoxy groups -OCH3 is 1. The molecular weight excluding hydrogens is 535 g/mol. The van der Waals surface area contributed by atoms with E-state index in [-0.39, 0.29) is 28.8 Å². The number of amides is 1. The first-order chi connectivity index (χ1) is 19.8. The van der Waals surface area contributed by atoms with Gasteiger partial charge in [-0.1, -0.05) is 12.8 Å². The monoisotopic (exact) mass is 578 g/mol. The number of anilines is 1. The van der Waals surface area contributed by atoms with Gasteiger partial charge in [0.25, 0.3) is 0 Å². The molecule has 5 rings (SSSR count). The summed E-state index contributed by atoms with van der Waals surface area (Å²) in [7, 11) is 12.7. The molecule has 0 unspecified atom stereocenters. The molecule has 0 heterocycles. The Morgan fingerprint density at radius 3 is 2.45 bits per heavy atom. The molecule has 226 valence electrons. The molecule has 10 nitrogen and oxygen atoms in total. The third-order valence-corrected chi connectivity index (χ3v) is 9.84. The van der Waals surface area contributed by atoms with Crippen LogP contribution in [0.25, 0.3) is 0 Å². The van der Waals surface area contributed by atoms with Crippen LogP contribution >= 0.6 is 0 Å². The summed E-state index contributed by atoms with van der Waals surface area (Å²) in [6.07, 6.45) is 5.74. The molecule has 4 atom stereocenters. The van der Waals surface area contributed by atoms with E-state index in [9.17, 15) is 24.9 Å². The third-order valence-electron chi connectivity index (χ3n) is 9.84. The Bertz CT molecular complexity index is 1400. The first-order valence-electron chi connectivity index (χ1n) is 14.7. The average molecular weight is 579 g/mol. The molecule has 0 saturated heterocycles. The van der Waals surface area contributed by atoms with Crippen molar-refractivity contribution in [1.29, 1.82) is 0 Å². The summed E-state index contributed by atoms with van der Waals surface area (Å²) in [5, 5.41) is 38.6. The molecule has 6 N–H and O–H groups in total. The van der Waals surface area contributed by atoms with Crippen molar-refractivity contribution in [2.45, 2.75) is 56.7 Å². The molecule has 0 bridgehead atoms. The predicted molar refractivity (Wildman–Crippen MR) is 164 cm³/mol. The van der Waals surface area contributed by atoms with E-state index in [4.69, 9.17) is 10.5 Å². The zero-order chi connectivity index (χ0) is 30.7. The number of carbonyl (C=O) groups excluding carboxylic acids is 2. The molecular formula is C31H43BN4O6. The number of benzene rings is 1. The summed E-state index contributed by atoms with van der Waals surface area (Å²) in [5.74, 6) is -2.37. The second kappa shape index (κ2) is 11.2. The van der Waals surface area contributed by atoms with Crippen molar-refractivity contribution < 1.29 is 29.6 Å². The second-order valence-corrected chi connectivity index (χ2v) is 12.7. The first kappa shape index (κ1) is 30.3. The van der Waals surface area contributed by atoms with Gasteiger partial charge in [-0.3, -0.25) is 0 Å². The zero-order valence-corrected chi connectivity index (χ0v) is 25.3. The van der Waals surface area contributed by atoms with E-state index in [0.29, 0.717) is 30.2 Å². The Morgan fingerprint density at radius 2 is 1.88 bits per heavy atom. The quantitative estimate of drug-likeness (QED) is 0.288. The minimum absolute atomic E-state index is 0.0835. The van der Waals surface area contributed by atoms with Crippen molar-refractivity contribution in [2.24, 2.45) is 23.5 Å². The Balaban J connectivity index is 1.62. The van der Waals surface area contributed by atoms with Gasteiger partial charge in [-0.15, -0.1) is 0 Å². The number of likely N-dealkylation sites (N-methyl/N-ethyl adjacent to an activating group) is 1. The maximum absolute atomic E-state index is 14.3. The Hall–Kier alpha value is -3.15. The number of nitrogens with two attached hydrogens (primary N) is 1. The van der Waals surface area contributed by atoms with Gasteiger partial charge in [0.05, 0.1) is 0 Å². The van der Waals surface area contributed by atoms with Crippen LogP contribution in [-0.2, 0) is 17.8 Å². The van der Waals surface area contributed by atoms with Gasteiger partial charge in [-0.25, -0.2) is 0 Å². The number of rotatable bonds is 8. The molecule has 0 radical (unpaired) electrons. The summed E-state index contributed by atoms with van der Waals surface area (Å²) in [6.45, 7) is 1.56. The van der Waals surface area contributed by atoms with E-state index >= 15 is 0 Å².